The van der Waals surface area contributed by atoms with Gasteiger partial charge in [0.2, 0.25) is 0 Å². The van der Waals surface area contributed by atoms with Crippen LogP contribution < -0.4 is 15.5 Å². The van der Waals surface area contributed by atoms with Gasteiger partial charge in [-0.15, -0.1) is 0 Å². The maximum atomic E-state index is 6.32. The van der Waals surface area contributed by atoms with E-state index in [0.717, 1.165) is 44.4 Å². The van der Waals surface area contributed by atoms with Crippen LogP contribution in [-0.4, -0.2) is 55.1 Å². The van der Waals surface area contributed by atoms with Crippen LogP contribution in [0.5, 0.6) is 0 Å². The number of piperidine rings is 1. The van der Waals surface area contributed by atoms with Crippen molar-refractivity contribution in [3.05, 3.63) is 58.7 Å². The standard InChI is InChI=1S/C24H33ClN6/c1-26-24(29-21-11-15-31(18-21)23-22(25)10-7-12-27-23)28-16-19-8-3-4-9-20(19)17-30-13-5-2-6-14-30/h3-4,7-10,12,21H,2,5-6,11,13-18H2,1H3,(H2,26,28,29). The summed E-state index contributed by atoms with van der Waals surface area (Å²) in [5.74, 6) is 1.70. The van der Waals surface area contributed by atoms with Crippen LogP contribution in [0, 0.1) is 0 Å². The number of pyridine rings is 1. The molecule has 2 aliphatic rings. The molecule has 0 spiro atoms. The van der Waals surface area contributed by atoms with E-state index >= 15 is 0 Å². The average molecular weight is 441 g/mol. The van der Waals surface area contributed by atoms with E-state index in [-0.39, 0.29) is 0 Å². The quantitative estimate of drug-likeness (QED) is 0.530. The fourth-order valence-corrected chi connectivity index (χ4v) is 4.73. The molecular weight excluding hydrogens is 408 g/mol. The van der Waals surface area contributed by atoms with Gasteiger partial charge in [0.25, 0.3) is 0 Å². The number of nitrogens with one attached hydrogen (secondary N) is 2. The molecule has 3 heterocycles. The lowest BCUT2D eigenvalue weighted by Crippen LogP contribution is -2.44. The van der Waals surface area contributed by atoms with Gasteiger partial charge in [0, 0.05) is 45.5 Å². The van der Waals surface area contributed by atoms with Gasteiger partial charge < -0.3 is 15.5 Å². The van der Waals surface area contributed by atoms with Crippen LogP contribution in [0.25, 0.3) is 0 Å². The minimum Gasteiger partial charge on any atom is -0.353 e. The van der Waals surface area contributed by atoms with Crippen molar-refractivity contribution in [1.82, 2.24) is 20.5 Å². The van der Waals surface area contributed by atoms with E-state index < -0.39 is 0 Å². The molecule has 2 fully saturated rings. The Morgan fingerprint density at radius 1 is 1.10 bits per heavy atom. The van der Waals surface area contributed by atoms with Gasteiger partial charge in [0.05, 0.1) is 5.02 Å². The maximum absolute atomic E-state index is 6.32. The lowest BCUT2D eigenvalue weighted by Gasteiger charge is -2.27. The Hall–Kier alpha value is -2.31. The third kappa shape index (κ3) is 5.89. The Balaban J connectivity index is 1.31. The first-order chi connectivity index (χ1) is 15.2. The Morgan fingerprint density at radius 3 is 2.68 bits per heavy atom. The molecular formula is C24H33ClN6. The number of anilines is 1. The molecule has 0 radical (unpaired) electrons. The third-order valence-electron chi connectivity index (χ3n) is 6.20. The smallest absolute Gasteiger partial charge is 0.191 e. The van der Waals surface area contributed by atoms with Gasteiger partial charge in [-0.1, -0.05) is 42.3 Å². The lowest BCUT2D eigenvalue weighted by molar-refractivity contribution is 0.220. The summed E-state index contributed by atoms with van der Waals surface area (Å²) in [5.41, 5.74) is 2.74. The molecule has 0 aliphatic carbocycles. The Morgan fingerprint density at radius 2 is 1.90 bits per heavy atom. The zero-order chi connectivity index (χ0) is 21.5. The molecule has 2 N–H and O–H groups in total. The highest BCUT2D eigenvalue weighted by molar-refractivity contribution is 6.32. The normalized spacial score (nSPS) is 20.1. The van der Waals surface area contributed by atoms with Crippen molar-refractivity contribution in [3.63, 3.8) is 0 Å². The van der Waals surface area contributed by atoms with Gasteiger partial charge in [0.1, 0.15) is 5.82 Å². The zero-order valence-electron chi connectivity index (χ0n) is 18.4. The molecule has 1 aromatic carbocycles. The second-order valence-electron chi connectivity index (χ2n) is 8.42. The Kier molecular flexibility index (Phi) is 7.65. The molecule has 1 unspecified atom stereocenters. The maximum Gasteiger partial charge on any atom is 0.191 e. The van der Waals surface area contributed by atoms with Crippen LogP contribution in [0.2, 0.25) is 5.02 Å². The van der Waals surface area contributed by atoms with Crippen LogP contribution in [0.1, 0.15) is 36.8 Å². The lowest BCUT2D eigenvalue weighted by atomic mass is 10.0. The number of guanidine groups is 1. The van der Waals surface area contributed by atoms with E-state index in [4.69, 9.17) is 11.6 Å². The first-order valence-corrected chi connectivity index (χ1v) is 11.7. The molecule has 0 bridgehead atoms. The van der Waals surface area contributed by atoms with E-state index in [1.54, 1.807) is 6.20 Å². The highest BCUT2D eigenvalue weighted by Crippen LogP contribution is 2.25. The summed E-state index contributed by atoms with van der Waals surface area (Å²) < 4.78 is 0. The molecule has 4 rings (SSSR count). The van der Waals surface area contributed by atoms with Gasteiger partial charge >= 0.3 is 0 Å². The number of aromatic nitrogens is 1. The van der Waals surface area contributed by atoms with Crippen LogP contribution in [0.15, 0.2) is 47.6 Å². The summed E-state index contributed by atoms with van der Waals surface area (Å²) in [5, 5.41) is 7.79. The molecule has 2 aliphatic heterocycles. The van der Waals surface area contributed by atoms with Crippen molar-refractivity contribution in [1.29, 1.82) is 0 Å². The fraction of sp³-hybridized carbons (Fsp3) is 0.500. The number of benzene rings is 1. The van der Waals surface area contributed by atoms with E-state index in [1.165, 1.54) is 43.5 Å². The minimum absolute atomic E-state index is 0.313. The predicted molar refractivity (Wildman–Crippen MR) is 129 cm³/mol. The molecule has 2 aromatic rings. The number of nitrogens with zero attached hydrogens (tertiary/aromatic N) is 4. The molecule has 0 amide bonds. The summed E-state index contributed by atoms with van der Waals surface area (Å²) >= 11 is 6.32. The fourth-order valence-electron chi connectivity index (χ4n) is 4.49. The number of hydrogen-bond acceptors (Lipinski definition) is 4. The molecule has 0 saturated carbocycles. The highest BCUT2D eigenvalue weighted by atomic mass is 35.5. The first-order valence-electron chi connectivity index (χ1n) is 11.3. The van der Waals surface area contributed by atoms with Crippen LogP contribution in [0.3, 0.4) is 0 Å². The number of likely N-dealkylation sites (tertiary alicyclic amines) is 1. The van der Waals surface area contributed by atoms with Gasteiger partial charge in [-0.05, 0) is 55.6 Å². The largest absolute Gasteiger partial charge is 0.353 e. The van der Waals surface area contributed by atoms with Gasteiger partial charge in [-0.3, -0.25) is 9.89 Å². The topological polar surface area (TPSA) is 55.8 Å². The highest BCUT2D eigenvalue weighted by Gasteiger charge is 2.25. The van der Waals surface area contributed by atoms with Crippen molar-refractivity contribution in [2.24, 2.45) is 4.99 Å². The third-order valence-corrected chi connectivity index (χ3v) is 6.49. The summed E-state index contributed by atoms with van der Waals surface area (Å²) in [6.07, 6.45) is 6.83. The van der Waals surface area contributed by atoms with Crippen molar-refractivity contribution in [2.45, 2.75) is 44.8 Å². The van der Waals surface area contributed by atoms with Crippen molar-refractivity contribution >= 4 is 23.4 Å². The Bertz CT molecular complexity index is 880. The number of hydrogen-bond donors (Lipinski definition) is 2. The molecule has 6 nitrogen and oxygen atoms in total. The van der Waals surface area contributed by atoms with Gasteiger partial charge in [-0.25, -0.2) is 4.98 Å². The second kappa shape index (κ2) is 10.8. The molecule has 166 valence electrons. The summed E-state index contributed by atoms with van der Waals surface area (Å²) in [6, 6.07) is 12.8. The molecule has 1 atom stereocenters. The number of rotatable bonds is 6. The van der Waals surface area contributed by atoms with Crippen LogP contribution in [0.4, 0.5) is 5.82 Å². The zero-order valence-corrected chi connectivity index (χ0v) is 19.1. The van der Waals surface area contributed by atoms with Crippen molar-refractivity contribution < 1.29 is 0 Å². The Labute approximate surface area is 190 Å². The summed E-state index contributed by atoms with van der Waals surface area (Å²) in [6.45, 7) is 6.03. The summed E-state index contributed by atoms with van der Waals surface area (Å²) in [4.78, 5) is 13.7. The molecule has 7 heteroatoms. The summed E-state index contributed by atoms with van der Waals surface area (Å²) in [7, 11) is 1.83. The van der Waals surface area contributed by atoms with Crippen molar-refractivity contribution in [2.75, 3.05) is 38.1 Å². The molecule has 2 saturated heterocycles. The van der Waals surface area contributed by atoms with Crippen molar-refractivity contribution in [3.8, 4) is 0 Å². The van der Waals surface area contributed by atoms with Crippen LogP contribution >= 0.6 is 11.6 Å². The first kappa shape index (κ1) is 21.9. The van der Waals surface area contributed by atoms with Gasteiger partial charge in [0.15, 0.2) is 5.96 Å². The van der Waals surface area contributed by atoms with Gasteiger partial charge in [-0.2, -0.15) is 0 Å². The minimum atomic E-state index is 0.313. The van der Waals surface area contributed by atoms with Crippen LogP contribution in [-0.2, 0) is 13.1 Å². The number of halogens is 1. The second-order valence-corrected chi connectivity index (χ2v) is 8.82. The molecule has 1 aromatic heterocycles. The average Bonchev–Trinajstić information content (AvgIpc) is 3.27. The monoisotopic (exact) mass is 440 g/mol. The predicted octanol–water partition coefficient (Wildman–Crippen LogP) is 3.66. The van der Waals surface area contributed by atoms with E-state index in [1.807, 2.05) is 19.2 Å². The van der Waals surface area contributed by atoms with E-state index in [9.17, 15) is 0 Å². The molecule has 31 heavy (non-hydrogen) atoms. The van der Waals surface area contributed by atoms with E-state index in [2.05, 4.69) is 54.7 Å². The SMILES string of the molecule is CN=C(NCc1ccccc1CN1CCCCC1)NC1CCN(c2ncccc2Cl)C1. The van der Waals surface area contributed by atoms with E-state index in [0.29, 0.717) is 11.1 Å². The number of aliphatic imine (C=N–C) groups is 1.